The zero-order valence-electron chi connectivity index (χ0n) is 19.0. The second kappa shape index (κ2) is 10.6. The predicted molar refractivity (Wildman–Crippen MR) is 132 cm³/mol. The van der Waals surface area contributed by atoms with Gasteiger partial charge in [0.15, 0.2) is 0 Å². The number of carbonyl (C=O) groups is 1. The molecule has 192 valence electrons. The van der Waals surface area contributed by atoms with Gasteiger partial charge >= 0.3 is 12.1 Å². The van der Waals surface area contributed by atoms with Crippen LogP contribution in [0.25, 0.3) is 0 Å². The number of benzene rings is 2. The summed E-state index contributed by atoms with van der Waals surface area (Å²) in [6.45, 7) is 3.61. The molecule has 3 rings (SSSR count). The standard InChI is InChI=1S/C23H25F4IN2O4S/c1-14-3-5-18(11-16(14)12-22(31)32)35(33,34)30-10-9-29(21(7-8-28)15(30)2)17-4-6-19(20(24)13-17)23(25,26)27/h3-6,11,13,15,21H,7-10,12H2,1-2H3,(H,31,32)/t15-,21?/m1/s1. The number of piperazine rings is 1. The molecule has 0 aliphatic carbocycles. The lowest BCUT2D eigenvalue weighted by atomic mass is 10.0. The van der Waals surface area contributed by atoms with Crippen LogP contribution >= 0.6 is 22.6 Å². The molecule has 2 atom stereocenters. The molecule has 35 heavy (non-hydrogen) atoms. The first kappa shape index (κ1) is 27.7. The number of carboxylic acid groups (broad SMARTS) is 1. The number of alkyl halides is 4. The van der Waals surface area contributed by atoms with Crippen molar-refractivity contribution < 1.29 is 35.9 Å². The zero-order valence-corrected chi connectivity index (χ0v) is 22.0. The lowest BCUT2D eigenvalue weighted by molar-refractivity contribution is -0.140. The summed E-state index contributed by atoms with van der Waals surface area (Å²) >= 11 is 2.14. The van der Waals surface area contributed by atoms with Crippen LogP contribution in [0.15, 0.2) is 41.3 Å². The van der Waals surface area contributed by atoms with Crippen LogP contribution in [-0.4, -0.2) is 53.4 Å². The fourth-order valence-electron chi connectivity index (χ4n) is 4.41. The van der Waals surface area contributed by atoms with E-state index in [1.54, 1.807) is 24.8 Å². The zero-order chi connectivity index (χ0) is 26.1. The van der Waals surface area contributed by atoms with E-state index >= 15 is 0 Å². The quantitative estimate of drug-likeness (QED) is 0.269. The highest BCUT2D eigenvalue weighted by atomic mass is 127. The van der Waals surface area contributed by atoms with E-state index in [1.807, 2.05) is 0 Å². The van der Waals surface area contributed by atoms with Gasteiger partial charge in [0, 0.05) is 35.3 Å². The highest BCUT2D eigenvalue weighted by molar-refractivity contribution is 14.1. The molecule has 12 heteroatoms. The normalized spacial score (nSPS) is 19.7. The molecule has 1 fully saturated rings. The minimum absolute atomic E-state index is 0.0200. The number of rotatable bonds is 7. The number of sulfonamides is 1. The number of halogens is 5. The summed E-state index contributed by atoms with van der Waals surface area (Å²) in [7, 11) is -3.99. The number of carboxylic acids is 1. The fourth-order valence-corrected chi connectivity index (χ4v) is 6.75. The number of aryl methyl sites for hydroxylation is 1. The van der Waals surface area contributed by atoms with E-state index in [0.717, 1.165) is 6.07 Å². The summed E-state index contributed by atoms with van der Waals surface area (Å²) in [6.07, 6.45) is -4.60. The molecule has 1 N–H and O–H groups in total. The van der Waals surface area contributed by atoms with Gasteiger partial charge in [-0.05, 0) is 61.7 Å². The van der Waals surface area contributed by atoms with Crippen LogP contribution in [0.5, 0.6) is 0 Å². The van der Waals surface area contributed by atoms with Gasteiger partial charge in [0.05, 0.1) is 16.9 Å². The number of hydrogen-bond donors (Lipinski definition) is 1. The van der Waals surface area contributed by atoms with E-state index in [4.69, 9.17) is 5.11 Å². The highest BCUT2D eigenvalue weighted by Crippen LogP contribution is 2.36. The monoisotopic (exact) mass is 628 g/mol. The smallest absolute Gasteiger partial charge is 0.419 e. The lowest BCUT2D eigenvalue weighted by Crippen LogP contribution is -2.60. The van der Waals surface area contributed by atoms with Crippen molar-refractivity contribution in [3.05, 3.63) is 58.9 Å². The van der Waals surface area contributed by atoms with Gasteiger partial charge in [-0.3, -0.25) is 4.79 Å². The van der Waals surface area contributed by atoms with Gasteiger partial charge in [0.1, 0.15) is 5.82 Å². The first-order chi connectivity index (χ1) is 16.3. The van der Waals surface area contributed by atoms with Crippen molar-refractivity contribution in [3.63, 3.8) is 0 Å². The summed E-state index contributed by atoms with van der Waals surface area (Å²) in [5.74, 6) is -2.45. The van der Waals surface area contributed by atoms with E-state index in [9.17, 15) is 30.8 Å². The van der Waals surface area contributed by atoms with Crippen LogP contribution in [0.1, 0.15) is 30.0 Å². The number of aliphatic carboxylic acids is 1. The molecule has 1 heterocycles. The maximum Gasteiger partial charge on any atom is 0.419 e. The van der Waals surface area contributed by atoms with Gasteiger partial charge in [-0.2, -0.15) is 17.5 Å². The molecule has 1 aliphatic rings. The van der Waals surface area contributed by atoms with Crippen molar-refractivity contribution in [1.82, 2.24) is 4.31 Å². The minimum atomic E-state index is -4.81. The average molecular weight is 628 g/mol. The Hall–Kier alpha value is -1.93. The van der Waals surface area contributed by atoms with Crippen molar-refractivity contribution in [3.8, 4) is 0 Å². The predicted octanol–water partition coefficient (Wildman–Crippen LogP) is 4.87. The van der Waals surface area contributed by atoms with Gasteiger partial charge in [0.2, 0.25) is 10.0 Å². The van der Waals surface area contributed by atoms with E-state index < -0.39 is 45.6 Å². The molecule has 2 aromatic rings. The maximum absolute atomic E-state index is 14.3. The summed E-state index contributed by atoms with van der Waals surface area (Å²) in [5.41, 5.74) is -0.0314. The Balaban J connectivity index is 1.94. The van der Waals surface area contributed by atoms with Crippen LogP contribution in [0.4, 0.5) is 23.2 Å². The molecule has 1 saturated heterocycles. The Morgan fingerprint density at radius 3 is 2.43 bits per heavy atom. The van der Waals surface area contributed by atoms with Crippen molar-refractivity contribution in [1.29, 1.82) is 0 Å². The van der Waals surface area contributed by atoms with E-state index in [2.05, 4.69) is 22.6 Å². The van der Waals surface area contributed by atoms with Crippen LogP contribution < -0.4 is 4.90 Å². The summed E-state index contributed by atoms with van der Waals surface area (Å²) in [4.78, 5) is 12.9. The third-order valence-electron chi connectivity index (χ3n) is 6.24. The van der Waals surface area contributed by atoms with Gasteiger partial charge < -0.3 is 10.0 Å². The Morgan fingerprint density at radius 2 is 1.86 bits per heavy atom. The van der Waals surface area contributed by atoms with Gasteiger partial charge in [-0.1, -0.05) is 28.7 Å². The number of hydrogen-bond acceptors (Lipinski definition) is 4. The molecule has 2 aromatic carbocycles. The van der Waals surface area contributed by atoms with Gasteiger partial charge in [-0.15, -0.1) is 0 Å². The van der Waals surface area contributed by atoms with Crippen molar-refractivity contribution >= 4 is 44.3 Å². The van der Waals surface area contributed by atoms with Crippen LogP contribution in [0.3, 0.4) is 0 Å². The Morgan fingerprint density at radius 1 is 1.17 bits per heavy atom. The Kier molecular flexibility index (Phi) is 8.37. The van der Waals surface area contributed by atoms with Gasteiger partial charge in [0.25, 0.3) is 0 Å². The Labute approximate surface area is 215 Å². The summed E-state index contributed by atoms with van der Waals surface area (Å²) < 4.78 is 82.2. The molecular weight excluding hydrogens is 603 g/mol. The molecule has 0 aromatic heterocycles. The number of nitrogens with zero attached hydrogens (tertiary/aromatic N) is 2. The van der Waals surface area contributed by atoms with E-state index in [1.165, 1.54) is 22.5 Å². The second-order valence-electron chi connectivity index (χ2n) is 8.42. The van der Waals surface area contributed by atoms with Crippen molar-refractivity contribution in [2.45, 2.75) is 49.8 Å². The van der Waals surface area contributed by atoms with Crippen LogP contribution in [0.2, 0.25) is 0 Å². The second-order valence-corrected chi connectivity index (χ2v) is 11.4. The van der Waals surface area contributed by atoms with E-state index in [-0.39, 0.29) is 30.1 Å². The maximum atomic E-state index is 14.3. The minimum Gasteiger partial charge on any atom is -0.481 e. The van der Waals surface area contributed by atoms with Crippen LogP contribution in [0, 0.1) is 12.7 Å². The molecule has 6 nitrogen and oxygen atoms in total. The molecular formula is C23H25F4IN2O4S. The average Bonchev–Trinajstić information content (AvgIpc) is 2.75. The third kappa shape index (κ3) is 5.91. The van der Waals surface area contributed by atoms with Crippen LogP contribution in [-0.2, 0) is 27.4 Å². The lowest BCUT2D eigenvalue weighted by Gasteiger charge is -2.46. The fraction of sp³-hybridized carbons (Fsp3) is 0.435. The summed E-state index contributed by atoms with van der Waals surface area (Å²) in [5, 5.41) is 9.13. The molecule has 0 saturated carbocycles. The van der Waals surface area contributed by atoms with Gasteiger partial charge in [-0.25, -0.2) is 12.8 Å². The molecule has 1 aliphatic heterocycles. The molecule has 0 bridgehead atoms. The van der Waals surface area contributed by atoms with Crippen molar-refractivity contribution in [2.75, 3.05) is 22.4 Å². The number of anilines is 1. The first-order valence-electron chi connectivity index (χ1n) is 10.8. The molecule has 0 amide bonds. The SMILES string of the molecule is Cc1ccc(S(=O)(=O)N2CCN(c3ccc(C(F)(F)F)c(F)c3)C(CCI)[C@H]2C)cc1CC(=O)O. The molecule has 0 spiro atoms. The largest absolute Gasteiger partial charge is 0.481 e. The van der Waals surface area contributed by atoms with Crippen molar-refractivity contribution in [2.24, 2.45) is 0 Å². The molecule has 0 radical (unpaired) electrons. The summed E-state index contributed by atoms with van der Waals surface area (Å²) in [6, 6.07) is 6.16. The Bertz CT molecular complexity index is 1210. The topological polar surface area (TPSA) is 77.9 Å². The first-order valence-corrected chi connectivity index (χ1v) is 13.8. The third-order valence-corrected chi connectivity index (χ3v) is 8.84. The van der Waals surface area contributed by atoms with E-state index in [0.29, 0.717) is 28.0 Å². The highest BCUT2D eigenvalue weighted by Gasteiger charge is 2.41. The molecule has 1 unspecified atom stereocenters.